The van der Waals surface area contributed by atoms with Gasteiger partial charge < -0.3 is 28.4 Å². The molecule has 1 aromatic carbocycles. The van der Waals surface area contributed by atoms with Gasteiger partial charge in [0, 0.05) is 31.4 Å². The number of aromatic nitrogens is 3. The molecule has 3 aromatic heterocycles. The molecule has 1 N–H and O–H groups in total. The number of ether oxygens (including phenoxy) is 1. The number of para-hydroxylation sites is 2. The van der Waals surface area contributed by atoms with Gasteiger partial charge in [-0.25, -0.2) is 4.98 Å². The zero-order chi connectivity index (χ0) is 24.0. The number of carbonyl (C=O) groups is 1. The molecule has 10 heteroatoms. The molecule has 1 amide bonds. The maximum atomic E-state index is 13.0. The summed E-state index contributed by atoms with van der Waals surface area (Å²) in [4.78, 5) is 23.2. The molecule has 0 unspecified atom stereocenters. The smallest absolute Gasteiger partial charge is 0.266 e. The van der Waals surface area contributed by atoms with Crippen molar-refractivity contribution in [3.63, 3.8) is 0 Å². The number of carbonyl (C=O) groups excluding carboxylic acids is 1. The second kappa shape index (κ2) is 10.2. The molecule has 1 aliphatic heterocycles. The Bertz CT molecular complexity index is 1300. The van der Waals surface area contributed by atoms with E-state index in [4.69, 9.17) is 13.6 Å². The van der Waals surface area contributed by atoms with Crippen molar-refractivity contribution in [2.75, 3.05) is 29.9 Å². The molecule has 35 heavy (non-hydrogen) atoms. The lowest BCUT2D eigenvalue weighted by molar-refractivity contribution is -0.120. The molecular formula is C25H24N6O4. The highest BCUT2D eigenvalue weighted by Crippen LogP contribution is 2.32. The zero-order valence-electron chi connectivity index (χ0n) is 19.0. The van der Waals surface area contributed by atoms with Crippen LogP contribution in [0, 0.1) is 17.2 Å². The van der Waals surface area contributed by atoms with Crippen molar-refractivity contribution in [3.8, 4) is 23.5 Å². The monoisotopic (exact) mass is 472 g/mol. The van der Waals surface area contributed by atoms with Gasteiger partial charge in [-0.2, -0.15) is 10.2 Å². The minimum absolute atomic E-state index is 0.0512. The third-order valence-corrected chi connectivity index (χ3v) is 5.91. The van der Waals surface area contributed by atoms with E-state index in [2.05, 4.69) is 21.4 Å². The minimum Gasteiger partial charge on any atom is -0.490 e. The van der Waals surface area contributed by atoms with E-state index >= 15 is 0 Å². The summed E-state index contributed by atoms with van der Waals surface area (Å²) < 4.78 is 19.0. The summed E-state index contributed by atoms with van der Waals surface area (Å²) in [5.41, 5.74) is 0.858. The first-order valence-corrected chi connectivity index (χ1v) is 11.4. The Balaban J connectivity index is 1.18. The predicted molar refractivity (Wildman–Crippen MR) is 127 cm³/mol. The van der Waals surface area contributed by atoms with E-state index in [1.807, 2.05) is 39.9 Å². The van der Waals surface area contributed by atoms with Gasteiger partial charge in [0.25, 0.3) is 5.89 Å². The van der Waals surface area contributed by atoms with E-state index < -0.39 is 0 Å². The topological polar surface area (TPSA) is 122 Å². The molecule has 178 valence electrons. The lowest BCUT2D eigenvalue weighted by atomic mass is 9.95. The quantitative estimate of drug-likeness (QED) is 0.409. The Morgan fingerprint density at radius 2 is 2.09 bits per heavy atom. The number of benzene rings is 1. The number of anilines is 2. The fraction of sp³-hybridized carbons (Fsp3) is 0.280. The lowest BCUT2D eigenvalue weighted by Crippen LogP contribution is -2.38. The standard InChI is InChI=1S/C25H24N6O4/c26-16-20-25(35-24(29-20)22-6-3-14-33-22)31-10-7-18(8-11-31)23(32)28-19-4-1-2-5-21(19)34-15-13-30-12-9-27-17-30/h1-6,9,12,14,17-18H,7-8,10-11,13,15H2,(H,28,32). The van der Waals surface area contributed by atoms with E-state index in [0.29, 0.717) is 62.2 Å². The van der Waals surface area contributed by atoms with Gasteiger partial charge in [-0.3, -0.25) is 4.79 Å². The van der Waals surface area contributed by atoms with Crippen LogP contribution in [-0.2, 0) is 11.3 Å². The van der Waals surface area contributed by atoms with Gasteiger partial charge in [0.1, 0.15) is 18.4 Å². The average molecular weight is 473 g/mol. The van der Waals surface area contributed by atoms with Crippen LogP contribution in [0.1, 0.15) is 18.5 Å². The predicted octanol–water partition coefficient (Wildman–Crippen LogP) is 3.94. The summed E-state index contributed by atoms with van der Waals surface area (Å²) in [5.74, 6) is 1.56. The highest BCUT2D eigenvalue weighted by Gasteiger charge is 2.29. The van der Waals surface area contributed by atoms with E-state index in [1.54, 1.807) is 24.7 Å². The van der Waals surface area contributed by atoms with Crippen LogP contribution >= 0.6 is 0 Å². The fourth-order valence-electron chi connectivity index (χ4n) is 4.06. The molecule has 0 spiro atoms. The van der Waals surface area contributed by atoms with E-state index in [9.17, 15) is 10.1 Å². The van der Waals surface area contributed by atoms with Gasteiger partial charge in [-0.05, 0) is 37.1 Å². The van der Waals surface area contributed by atoms with Crippen molar-refractivity contribution in [1.29, 1.82) is 5.26 Å². The Morgan fingerprint density at radius 1 is 1.23 bits per heavy atom. The van der Waals surface area contributed by atoms with E-state index in [1.165, 1.54) is 6.26 Å². The number of furan rings is 1. The molecule has 1 fully saturated rings. The van der Waals surface area contributed by atoms with Crippen molar-refractivity contribution in [2.24, 2.45) is 5.92 Å². The summed E-state index contributed by atoms with van der Waals surface area (Å²) in [6.07, 6.45) is 8.10. The number of hydrogen-bond acceptors (Lipinski definition) is 8. The number of nitrogens with one attached hydrogen (secondary N) is 1. The Hall–Kier alpha value is -4.52. The Labute approximate surface area is 201 Å². The van der Waals surface area contributed by atoms with Crippen molar-refractivity contribution >= 4 is 17.5 Å². The number of nitriles is 1. The van der Waals surface area contributed by atoms with Crippen LogP contribution in [0.2, 0.25) is 0 Å². The third-order valence-electron chi connectivity index (χ3n) is 5.91. The number of amides is 1. The van der Waals surface area contributed by atoms with Crippen LogP contribution in [0.15, 0.2) is 70.2 Å². The van der Waals surface area contributed by atoms with Crippen molar-refractivity contribution < 1.29 is 18.4 Å². The second-order valence-corrected chi connectivity index (χ2v) is 8.16. The van der Waals surface area contributed by atoms with E-state index in [0.717, 1.165) is 0 Å². The number of hydrogen-bond donors (Lipinski definition) is 1. The van der Waals surface area contributed by atoms with E-state index in [-0.39, 0.29) is 23.4 Å². The van der Waals surface area contributed by atoms with Crippen LogP contribution < -0.4 is 15.0 Å². The summed E-state index contributed by atoms with van der Waals surface area (Å²) in [6.45, 7) is 2.26. The van der Waals surface area contributed by atoms with Crippen LogP contribution in [0.4, 0.5) is 11.6 Å². The lowest BCUT2D eigenvalue weighted by Gasteiger charge is -2.31. The van der Waals surface area contributed by atoms with Crippen LogP contribution in [0.3, 0.4) is 0 Å². The molecule has 0 atom stereocenters. The number of imidazole rings is 1. The summed E-state index contributed by atoms with van der Waals surface area (Å²) in [7, 11) is 0. The Morgan fingerprint density at radius 3 is 2.83 bits per heavy atom. The highest BCUT2D eigenvalue weighted by molar-refractivity contribution is 5.94. The molecule has 5 rings (SSSR count). The maximum absolute atomic E-state index is 13.0. The van der Waals surface area contributed by atoms with Gasteiger partial charge >= 0.3 is 0 Å². The number of rotatable bonds is 8. The van der Waals surface area contributed by atoms with Crippen molar-refractivity contribution in [3.05, 3.63) is 67.1 Å². The molecule has 0 radical (unpaired) electrons. The van der Waals surface area contributed by atoms with Crippen LogP contribution in [-0.4, -0.2) is 40.1 Å². The molecule has 1 aliphatic rings. The van der Waals surface area contributed by atoms with Gasteiger partial charge in [0.15, 0.2) is 5.76 Å². The first-order chi connectivity index (χ1) is 17.2. The van der Waals surface area contributed by atoms with Crippen molar-refractivity contribution in [1.82, 2.24) is 14.5 Å². The van der Waals surface area contributed by atoms with Gasteiger partial charge in [-0.15, -0.1) is 0 Å². The summed E-state index contributed by atoms with van der Waals surface area (Å²) in [6, 6.07) is 13.0. The highest BCUT2D eigenvalue weighted by atomic mass is 16.5. The second-order valence-electron chi connectivity index (χ2n) is 8.16. The van der Waals surface area contributed by atoms with Crippen LogP contribution in [0.25, 0.3) is 11.7 Å². The SMILES string of the molecule is N#Cc1nc(-c2ccco2)oc1N1CCC(C(=O)Nc2ccccc2OCCn2ccnc2)CC1. The molecule has 0 bridgehead atoms. The summed E-state index contributed by atoms with van der Waals surface area (Å²) >= 11 is 0. The molecule has 4 heterocycles. The average Bonchev–Trinajstić information content (AvgIpc) is 3.67. The fourth-order valence-corrected chi connectivity index (χ4v) is 4.06. The molecular weight excluding hydrogens is 448 g/mol. The van der Waals surface area contributed by atoms with Crippen LogP contribution in [0.5, 0.6) is 5.75 Å². The largest absolute Gasteiger partial charge is 0.490 e. The third kappa shape index (κ3) is 5.04. The Kier molecular flexibility index (Phi) is 6.48. The minimum atomic E-state index is -0.164. The van der Waals surface area contributed by atoms with Crippen molar-refractivity contribution in [2.45, 2.75) is 19.4 Å². The molecule has 0 saturated carbocycles. The zero-order valence-corrected chi connectivity index (χ0v) is 19.0. The number of piperidine rings is 1. The maximum Gasteiger partial charge on any atom is 0.266 e. The number of nitrogens with zero attached hydrogens (tertiary/aromatic N) is 5. The molecule has 0 aliphatic carbocycles. The van der Waals surface area contributed by atoms with Gasteiger partial charge in [0.05, 0.1) is 24.8 Å². The van der Waals surface area contributed by atoms with Gasteiger partial charge in [-0.1, -0.05) is 12.1 Å². The summed E-state index contributed by atoms with van der Waals surface area (Å²) in [5, 5.41) is 12.5. The first kappa shape index (κ1) is 22.3. The molecule has 10 nitrogen and oxygen atoms in total. The molecule has 4 aromatic rings. The molecule has 1 saturated heterocycles. The number of oxazole rings is 1. The normalized spacial score (nSPS) is 14.0. The van der Waals surface area contributed by atoms with Gasteiger partial charge in [0.2, 0.25) is 17.5 Å². The first-order valence-electron chi connectivity index (χ1n) is 11.4.